The molecule has 0 aliphatic carbocycles. The molecule has 1 aromatic heterocycles. The van der Waals surface area contributed by atoms with Crippen LogP contribution in [0, 0.1) is 13.8 Å². The van der Waals surface area contributed by atoms with E-state index in [1.807, 2.05) is 30.3 Å². The molecule has 0 unspecified atom stereocenters. The van der Waals surface area contributed by atoms with E-state index in [0.717, 1.165) is 23.4 Å². The lowest BCUT2D eigenvalue weighted by atomic mass is 10.1. The van der Waals surface area contributed by atoms with Gasteiger partial charge in [-0.3, -0.25) is 4.79 Å². The molecule has 1 heterocycles. The van der Waals surface area contributed by atoms with Crippen molar-refractivity contribution in [2.75, 3.05) is 19.0 Å². The summed E-state index contributed by atoms with van der Waals surface area (Å²) < 4.78 is 5.15. The Balaban J connectivity index is 1.57. The van der Waals surface area contributed by atoms with Crippen molar-refractivity contribution in [3.05, 3.63) is 83.0 Å². The summed E-state index contributed by atoms with van der Waals surface area (Å²) in [6, 6.07) is 17.5. The van der Waals surface area contributed by atoms with Crippen LogP contribution in [0.25, 0.3) is 0 Å². The lowest BCUT2D eigenvalue weighted by Gasteiger charge is -2.10. The highest BCUT2D eigenvalue weighted by atomic mass is 16.5. The molecule has 3 rings (SSSR count). The summed E-state index contributed by atoms with van der Waals surface area (Å²) in [5.74, 6) is 1.36. The molecule has 0 aliphatic heterocycles. The zero-order chi connectivity index (χ0) is 19.9. The molecule has 0 radical (unpaired) electrons. The summed E-state index contributed by atoms with van der Waals surface area (Å²) in [5.41, 5.74) is 5.12. The van der Waals surface area contributed by atoms with Gasteiger partial charge in [-0.2, -0.15) is 0 Å². The molecule has 0 aliphatic rings. The van der Waals surface area contributed by atoms with E-state index in [-0.39, 0.29) is 5.91 Å². The first-order chi connectivity index (χ1) is 13.5. The fraction of sp³-hybridized carbons (Fsp3) is 0.217. The third-order valence-electron chi connectivity index (χ3n) is 4.66. The maximum Gasteiger partial charge on any atom is 0.251 e. The number of benzene rings is 2. The molecule has 0 saturated heterocycles. The molecule has 2 N–H and O–H groups in total. The number of methoxy groups -OCH3 is 1. The molecule has 0 bridgehead atoms. The van der Waals surface area contributed by atoms with Crippen molar-refractivity contribution in [3.8, 4) is 5.75 Å². The molecule has 5 heteroatoms. The number of rotatable bonds is 7. The topological polar surface area (TPSA) is 63.2 Å². The van der Waals surface area contributed by atoms with Crippen LogP contribution in [0.5, 0.6) is 5.75 Å². The monoisotopic (exact) mass is 375 g/mol. The van der Waals surface area contributed by atoms with Crippen LogP contribution in [0.1, 0.15) is 27.0 Å². The summed E-state index contributed by atoms with van der Waals surface area (Å²) in [6.07, 6.45) is 2.40. The Morgan fingerprint density at radius 3 is 2.50 bits per heavy atom. The SMILES string of the molecule is COc1ccc(CCNC(=O)c2ccnc(Nc3ccc(C)c(C)c3)c2)cc1. The first-order valence-corrected chi connectivity index (χ1v) is 9.26. The van der Waals surface area contributed by atoms with Gasteiger partial charge in [-0.1, -0.05) is 18.2 Å². The van der Waals surface area contributed by atoms with E-state index in [1.165, 1.54) is 11.1 Å². The molecule has 2 aromatic carbocycles. The van der Waals surface area contributed by atoms with Crippen molar-refractivity contribution in [1.82, 2.24) is 10.3 Å². The van der Waals surface area contributed by atoms with Crippen LogP contribution in [-0.4, -0.2) is 24.5 Å². The Kier molecular flexibility index (Phi) is 6.27. The summed E-state index contributed by atoms with van der Waals surface area (Å²) in [5, 5.41) is 6.21. The van der Waals surface area contributed by atoms with Crippen LogP contribution in [0.15, 0.2) is 60.8 Å². The molecule has 144 valence electrons. The summed E-state index contributed by atoms with van der Waals surface area (Å²) in [7, 11) is 1.65. The quantitative estimate of drug-likeness (QED) is 0.641. The molecule has 28 heavy (non-hydrogen) atoms. The summed E-state index contributed by atoms with van der Waals surface area (Å²) in [4.78, 5) is 16.8. The van der Waals surface area contributed by atoms with E-state index in [2.05, 4.69) is 41.6 Å². The van der Waals surface area contributed by atoms with Crippen molar-refractivity contribution in [2.24, 2.45) is 0 Å². The minimum Gasteiger partial charge on any atom is -0.497 e. The highest BCUT2D eigenvalue weighted by molar-refractivity contribution is 5.94. The van der Waals surface area contributed by atoms with Gasteiger partial charge in [0.2, 0.25) is 0 Å². The lowest BCUT2D eigenvalue weighted by Crippen LogP contribution is -2.25. The fourth-order valence-corrected chi connectivity index (χ4v) is 2.82. The number of anilines is 2. The first kappa shape index (κ1) is 19.4. The summed E-state index contributed by atoms with van der Waals surface area (Å²) in [6.45, 7) is 4.71. The number of hydrogen-bond acceptors (Lipinski definition) is 4. The Labute approximate surface area is 165 Å². The van der Waals surface area contributed by atoms with E-state index in [4.69, 9.17) is 4.74 Å². The van der Waals surface area contributed by atoms with Gasteiger partial charge in [-0.15, -0.1) is 0 Å². The van der Waals surface area contributed by atoms with Gasteiger partial charge in [-0.05, 0) is 73.4 Å². The third kappa shape index (κ3) is 5.10. The average molecular weight is 375 g/mol. The van der Waals surface area contributed by atoms with E-state index in [9.17, 15) is 4.79 Å². The number of hydrogen-bond donors (Lipinski definition) is 2. The van der Waals surface area contributed by atoms with Gasteiger partial charge in [0, 0.05) is 24.0 Å². The van der Waals surface area contributed by atoms with Gasteiger partial charge in [0.05, 0.1) is 7.11 Å². The predicted molar refractivity (Wildman–Crippen MR) is 112 cm³/mol. The predicted octanol–water partition coefficient (Wildman–Crippen LogP) is 4.42. The number of aromatic nitrogens is 1. The van der Waals surface area contributed by atoms with Crippen molar-refractivity contribution in [1.29, 1.82) is 0 Å². The molecule has 0 spiro atoms. The number of nitrogens with one attached hydrogen (secondary N) is 2. The largest absolute Gasteiger partial charge is 0.497 e. The molecule has 1 amide bonds. The average Bonchev–Trinajstić information content (AvgIpc) is 2.71. The van der Waals surface area contributed by atoms with E-state index in [1.54, 1.807) is 25.4 Å². The van der Waals surface area contributed by atoms with Crippen LogP contribution >= 0.6 is 0 Å². The maximum atomic E-state index is 12.5. The van der Waals surface area contributed by atoms with E-state index in [0.29, 0.717) is 17.9 Å². The maximum absolute atomic E-state index is 12.5. The standard InChI is InChI=1S/C23H25N3O2/c1-16-4-7-20(14-17(16)2)26-22-15-19(11-13-24-22)23(27)25-12-10-18-5-8-21(28-3)9-6-18/h4-9,11,13-15H,10,12H2,1-3H3,(H,24,26)(H,25,27). The van der Waals surface area contributed by atoms with Gasteiger partial charge in [0.1, 0.15) is 11.6 Å². The molecular formula is C23H25N3O2. The van der Waals surface area contributed by atoms with Crippen LogP contribution < -0.4 is 15.4 Å². The number of aryl methyl sites for hydroxylation is 2. The normalized spacial score (nSPS) is 10.4. The minimum absolute atomic E-state index is 0.112. The molecular weight excluding hydrogens is 350 g/mol. The smallest absolute Gasteiger partial charge is 0.251 e. The number of pyridine rings is 1. The highest BCUT2D eigenvalue weighted by Crippen LogP contribution is 2.19. The van der Waals surface area contributed by atoms with Crippen LogP contribution in [-0.2, 0) is 6.42 Å². The van der Waals surface area contributed by atoms with Crippen molar-refractivity contribution in [2.45, 2.75) is 20.3 Å². The number of ether oxygens (including phenoxy) is 1. The Morgan fingerprint density at radius 1 is 1.00 bits per heavy atom. The summed E-state index contributed by atoms with van der Waals surface area (Å²) >= 11 is 0. The zero-order valence-electron chi connectivity index (χ0n) is 16.5. The second-order valence-electron chi connectivity index (χ2n) is 6.71. The van der Waals surface area contributed by atoms with Crippen LogP contribution in [0.4, 0.5) is 11.5 Å². The van der Waals surface area contributed by atoms with Crippen molar-refractivity contribution in [3.63, 3.8) is 0 Å². The Bertz CT molecular complexity index is 952. The molecule has 0 atom stereocenters. The van der Waals surface area contributed by atoms with Crippen molar-refractivity contribution >= 4 is 17.4 Å². The number of nitrogens with zero attached hydrogens (tertiary/aromatic N) is 1. The molecule has 5 nitrogen and oxygen atoms in total. The number of carbonyl (C=O) groups excluding carboxylic acids is 1. The van der Waals surface area contributed by atoms with E-state index >= 15 is 0 Å². The van der Waals surface area contributed by atoms with Gasteiger partial charge in [0.25, 0.3) is 5.91 Å². The second kappa shape index (κ2) is 9.04. The molecule has 0 saturated carbocycles. The van der Waals surface area contributed by atoms with E-state index < -0.39 is 0 Å². The zero-order valence-corrected chi connectivity index (χ0v) is 16.5. The number of carbonyl (C=O) groups is 1. The fourth-order valence-electron chi connectivity index (χ4n) is 2.82. The number of amides is 1. The third-order valence-corrected chi connectivity index (χ3v) is 4.66. The van der Waals surface area contributed by atoms with Gasteiger partial charge >= 0.3 is 0 Å². The van der Waals surface area contributed by atoms with Gasteiger partial charge in [-0.25, -0.2) is 4.98 Å². The highest BCUT2D eigenvalue weighted by Gasteiger charge is 2.07. The molecule has 0 fully saturated rings. The molecule has 3 aromatic rings. The van der Waals surface area contributed by atoms with Crippen LogP contribution in [0.3, 0.4) is 0 Å². The second-order valence-corrected chi connectivity index (χ2v) is 6.71. The Hall–Kier alpha value is -3.34. The minimum atomic E-state index is -0.112. The first-order valence-electron chi connectivity index (χ1n) is 9.26. The van der Waals surface area contributed by atoms with Gasteiger partial charge in [0.15, 0.2) is 0 Å². The lowest BCUT2D eigenvalue weighted by molar-refractivity contribution is 0.0954. The Morgan fingerprint density at radius 2 is 1.79 bits per heavy atom. The van der Waals surface area contributed by atoms with Crippen LogP contribution in [0.2, 0.25) is 0 Å². The van der Waals surface area contributed by atoms with Crippen molar-refractivity contribution < 1.29 is 9.53 Å². The van der Waals surface area contributed by atoms with Gasteiger partial charge < -0.3 is 15.4 Å².